The zero-order valence-electron chi connectivity index (χ0n) is 19.0. The molecular weight excluding hydrogens is 427 g/mol. The Morgan fingerprint density at radius 1 is 1.30 bits per heavy atom. The highest BCUT2D eigenvalue weighted by molar-refractivity contribution is 5.75. The van der Waals surface area contributed by atoms with Crippen LogP contribution in [0.2, 0.25) is 0 Å². The Bertz CT molecular complexity index is 1380. The maximum Gasteiger partial charge on any atom is 0.332 e. The average molecular weight is 455 g/mol. The minimum absolute atomic E-state index is 0.000727. The monoisotopic (exact) mass is 454 g/mol. The largest absolute Gasteiger partial charge is 0.494 e. The lowest BCUT2D eigenvalue weighted by Crippen LogP contribution is -2.44. The summed E-state index contributed by atoms with van der Waals surface area (Å²) < 4.78 is 23.9. The fraction of sp³-hybridized carbons (Fsp3) is 0.435. The first-order valence-electron chi connectivity index (χ1n) is 10.8. The van der Waals surface area contributed by atoms with E-state index in [1.54, 1.807) is 24.6 Å². The number of fused-ring (bicyclic) bond motifs is 1. The van der Waals surface area contributed by atoms with Crippen LogP contribution in [0.4, 0.5) is 10.3 Å². The Morgan fingerprint density at radius 2 is 2.09 bits per heavy atom. The molecule has 1 atom stereocenters. The van der Waals surface area contributed by atoms with Crippen molar-refractivity contribution < 1.29 is 9.13 Å². The topological polar surface area (TPSA) is 100 Å². The van der Waals surface area contributed by atoms with E-state index in [-0.39, 0.29) is 41.6 Å². The summed E-state index contributed by atoms with van der Waals surface area (Å²) >= 11 is 0. The number of hydrogen-bond donors (Lipinski definition) is 1. The summed E-state index contributed by atoms with van der Waals surface area (Å²) in [6.07, 6.45) is 1.82. The Hall–Kier alpha value is -3.58. The molecule has 0 amide bonds. The number of nitrogens with zero attached hydrogens (tertiary/aromatic N) is 5. The number of piperidine rings is 1. The second-order valence-corrected chi connectivity index (χ2v) is 8.11. The molecular formula is C23H27FN6O3. The van der Waals surface area contributed by atoms with Crippen LogP contribution >= 0.6 is 0 Å². The minimum Gasteiger partial charge on any atom is -0.494 e. The third kappa shape index (κ3) is 4.00. The lowest BCUT2D eigenvalue weighted by Gasteiger charge is -2.31. The highest BCUT2D eigenvalue weighted by Gasteiger charge is 2.26. The van der Waals surface area contributed by atoms with Crippen LogP contribution in [0.3, 0.4) is 0 Å². The van der Waals surface area contributed by atoms with Gasteiger partial charge < -0.3 is 15.4 Å². The van der Waals surface area contributed by atoms with Crippen molar-refractivity contribution in [2.45, 2.75) is 38.9 Å². The van der Waals surface area contributed by atoms with Crippen molar-refractivity contribution in [2.24, 2.45) is 12.8 Å². The molecule has 33 heavy (non-hydrogen) atoms. The molecule has 1 fully saturated rings. The van der Waals surface area contributed by atoms with Gasteiger partial charge >= 0.3 is 5.69 Å². The van der Waals surface area contributed by atoms with Crippen molar-refractivity contribution in [3.05, 3.63) is 50.4 Å². The van der Waals surface area contributed by atoms with Gasteiger partial charge in [-0.15, -0.1) is 5.92 Å². The van der Waals surface area contributed by atoms with Gasteiger partial charge in [0, 0.05) is 31.7 Å². The number of anilines is 1. The van der Waals surface area contributed by atoms with Crippen molar-refractivity contribution in [1.29, 1.82) is 0 Å². The van der Waals surface area contributed by atoms with Crippen molar-refractivity contribution >= 4 is 17.1 Å². The molecule has 9 nitrogen and oxygen atoms in total. The van der Waals surface area contributed by atoms with Crippen molar-refractivity contribution in [1.82, 2.24) is 18.7 Å². The average Bonchev–Trinajstić information content (AvgIpc) is 3.20. The molecule has 1 aliphatic rings. The van der Waals surface area contributed by atoms with Crippen molar-refractivity contribution in [3.8, 4) is 17.6 Å². The first-order chi connectivity index (χ1) is 15.9. The summed E-state index contributed by atoms with van der Waals surface area (Å²) in [6.45, 7) is 3.05. The standard InChI is InChI=1S/C23H27FN6O3/c1-4-5-12-29-19-20(26-22(29)28-11-7-9-16(25)14-28)27(2)23(32)30(21(19)31)13-15-8-6-10-17(33-3)18(15)24/h6,8,10,16H,7,9,11-14,25H2,1-3H3. The van der Waals surface area contributed by atoms with Gasteiger partial charge in [0.15, 0.2) is 22.7 Å². The van der Waals surface area contributed by atoms with Gasteiger partial charge in [0.05, 0.1) is 20.2 Å². The molecule has 0 bridgehead atoms. The molecule has 1 unspecified atom stereocenters. The van der Waals surface area contributed by atoms with Gasteiger partial charge in [-0.25, -0.2) is 9.18 Å². The second-order valence-electron chi connectivity index (χ2n) is 8.11. The maximum atomic E-state index is 14.8. The molecule has 0 spiro atoms. The summed E-state index contributed by atoms with van der Waals surface area (Å²) in [6, 6.07) is 4.62. The SMILES string of the molecule is CC#CCn1c(N2CCCC(N)C2)nc2c1c(=O)n(Cc1cccc(OC)c1F)c(=O)n2C. The first-order valence-corrected chi connectivity index (χ1v) is 10.8. The van der Waals surface area contributed by atoms with Crippen LogP contribution in [0.15, 0.2) is 27.8 Å². The van der Waals surface area contributed by atoms with Crippen LogP contribution in [0.1, 0.15) is 25.3 Å². The van der Waals surface area contributed by atoms with Crippen LogP contribution in [0, 0.1) is 17.7 Å². The van der Waals surface area contributed by atoms with Crippen molar-refractivity contribution in [2.75, 3.05) is 25.1 Å². The van der Waals surface area contributed by atoms with Gasteiger partial charge in [0.2, 0.25) is 5.95 Å². The lowest BCUT2D eigenvalue weighted by atomic mass is 10.1. The van der Waals surface area contributed by atoms with E-state index in [9.17, 15) is 14.0 Å². The molecule has 10 heteroatoms. The number of aryl methyl sites for hydroxylation is 1. The number of ether oxygens (including phenoxy) is 1. The predicted octanol–water partition coefficient (Wildman–Crippen LogP) is 1.04. The summed E-state index contributed by atoms with van der Waals surface area (Å²) in [5.41, 5.74) is 5.72. The molecule has 2 N–H and O–H groups in total. The van der Waals surface area contributed by atoms with Gasteiger partial charge in [0.1, 0.15) is 0 Å². The van der Waals surface area contributed by atoms with Crippen LogP contribution in [0.5, 0.6) is 5.75 Å². The predicted molar refractivity (Wildman–Crippen MR) is 124 cm³/mol. The molecule has 1 aliphatic heterocycles. The van der Waals surface area contributed by atoms with Crippen LogP contribution in [-0.2, 0) is 20.1 Å². The molecule has 1 aromatic carbocycles. The Kier molecular flexibility index (Phi) is 6.24. The third-order valence-corrected chi connectivity index (χ3v) is 5.96. The zero-order valence-corrected chi connectivity index (χ0v) is 19.0. The van der Waals surface area contributed by atoms with E-state index in [1.165, 1.54) is 23.8 Å². The summed E-state index contributed by atoms with van der Waals surface area (Å²) in [5.74, 6) is 5.83. The Morgan fingerprint density at radius 3 is 2.79 bits per heavy atom. The van der Waals surface area contributed by atoms with Gasteiger partial charge in [-0.05, 0) is 25.8 Å². The van der Waals surface area contributed by atoms with E-state index in [2.05, 4.69) is 16.8 Å². The van der Waals surface area contributed by atoms with Crippen LogP contribution < -0.4 is 26.6 Å². The highest BCUT2D eigenvalue weighted by atomic mass is 19.1. The molecule has 174 valence electrons. The van der Waals surface area contributed by atoms with Crippen LogP contribution in [-0.4, -0.2) is 44.9 Å². The fourth-order valence-corrected chi connectivity index (χ4v) is 4.25. The van der Waals surface area contributed by atoms with Gasteiger partial charge in [-0.2, -0.15) is 4.98 Å². The molecule has 0 saturated carbocycles. The second kappa shape index (κ2) is 9.11. The molecule has 2 aromatic heterocycles. The van der Waals surface area contributed by atoms with E-state index in [4.69, 9.17) is 10.5 Å². The molecule has 0 aliphatic carbocycles. The lowest BCUT2D eigenvalue weighted by molar-refractivity contribution is 0.383. The quantitative estimate of drug-likeness (QED) is 0.579. The van der Waals surface area contributed by atoms with E-state index in [1.807, 2.05) is 4.90 Å². The number of imidazole rings is 1. The van der Waals surface area contributed by atoms with Crippen molar-refractivity contribution in [3.63, 3.8) is 0 Å². The maximum absolute atomic E-state index is 14.8. The molecule has 3 aromatic rings. The zero-order chi connectivity index (χ0) is 23.7. The summed E-state index contributed by atoms with van der Waals surface area (Å²) in [4.78, 5) is 33.3. The summed E-state index contributed by atoms with van der Waals surface area (Å²) in [7, 11) is 2.91. The normalized spacial score (nSPS) is 16.0. The van der Waals surface area contributed by atoms with Gasteiger partial charge in [0.25, 0.3) is 5.56 Å². The van der Waals surface area contributed by atoms with Gasteiger partial charge in [-0.1, -0.05) is 18.1 Å². The smallest absolute Gasteiger partial charge is 0.332 e. The summed E-state index contributed by atoms with van der Waals surface area (Å²) in [5, 5.41) is 0. The first kappa shape index (κ1) is 22.6. The number of nitrogens with two attached hydrogens (primary N) is 1. The molecule has 3 heterocycles. The van der Waals surface area contributed by atoms with Gasteiger partial charge in [-0.3, -0.25) is 18.5 Å². The number of rotatable bonds is 5. The van der Waals surface area contributed by atoms with E-state index >= 15 is 0 Å². The number of benzene rings is 1. The number of halogens is 1. The van der Waals surface area contributed by atoms with E-state index < -0.39 is 17.1 Å². The third-order valence-electron chi connectivity index (χ3n) is 5.96. The number of aromatic nitrogens is 4. The van der Waals surface area contributed by atoms with E-state index in [0.29, 0.717) is 12.5 Å². The Balaban J connectivity index is 1.93. The highest BCUT2D eigenvalue weighted by Crippen LogP contribution is 2.23. The molecule has 4 rings (SSSR count). The number of methoxy groups -OCH3 is 1. The van der Waals surface area contributed by atoms with Crippen LogP contribution in [0.25, 0.3) is 11.2 Å². The minimum atomic E-state index is -0.609. The number of hydrogen-bond acceptors (Lipinski definition) is 6. The molecule has 1 saturated heterocycles. The fourth-order valence-electron chi connectivity index (χ4n) is 4.25. The molecule has 0 radical (unpaired) electrons. The Labute approximate surface area is 190 Å². The van der Waals surface area contributed by atoms with E-state index in [0.717, 1.165) is 24.0 Å².